The van der Waals surface area contributed by atoms with Crippen molar-refractivity contribution in [2.24, 2.45) is 0 Å². The molecule has 2 aromatic carbocycles. The zero-order valence-corrected chi connectivity index (χ0v) is 15.9. The van der Waals surface area contributed by atoms with Crippen LogP contribution in [0.5, 0.6) is 11.5 Å². The average Bonchev–Trinajstić information content (AvgIpc) is 2.73. The highest BCUT2D eigenvalue weighted by atomic mass is 19.2. The van der Waals surface area contributed by atoms with Gasteiger partial charge in [-0.15, -0.1) is 0 Å². The Balaban J connectivity index is 1.93. The molecule has 158 valence electrons. The molecule has 0 unspecified atom stereocenters. The molecule has 0 atom stereocenters. The summed E-state index contributed by atoms with van der Waals surface area (Å²) in [6, 6.07) is 5.44. The highest BCUT2D eigenvalue weighted by Crippen LogP contribution is 2.29. The molecular weight excluding hydrogens is 395 g/mol. The van der Waals surface area contributed by atoms with Crippen molar-refractivity contribution in [2.45, 2.75) is 45.4 Å². The van der Waals surface area contributed by atoms with Crippen molar-refractivity contribution in [1.29, 1.82) is 0 Å². The lowest BCUT2D eigenvalue weighted by atomic mass is 10.1. The fourth-order valence-corrected chi connectivity index (χ4v) is 2.59. The van der Waals surface area contributed by atoms with Gasteiger partial charge in [0.1, 0.15) is 5.75 Å². The lowest BCUT2D eigenvalue weighted by Gasteiger charge is -2.10. The molecule has 0 heterocycles. The number of halogens is 5. The number of hydrogen-bond donors (Lipinski definition) is 0. The topological polar surface area (TPSA) is 35.5 Å². The van der Waals surface area contributed by atoms with Gasteiger partial charge in [0.25, 0.3) is 0 Å². The molecule has 0 saturated carbocycles. The molecule has 8 heteroatoms. The third-order valence-corrected chi connectivity index (χ3v) is 4.22. The van der Waals surface area contributed by atoms with Gasteiger partial charge in [-0.1, -0.05) is 39.0 Å². The molecule has 0 aliphatic heterocycles. The van der Waals surface area contributed by atoms with Crippen LogP contribution < -0.4 is 9.47 Å². The first kappa shape index (κ1) is 22.6. The quantitative estimate of drug-likeness (QED) is 0.113. The van der Waals surface area contributed by atoms with Gasteiger partial charge < -0.3 is 9.47 Å². The van der Waals surface area contributed by atoms with Crippen molar-refractivity contribution in [3.8, 4) is 11.5 Å². The number of benzene rings is 2. The number of rotatable bonds is 10. The molecule has 0 aromatic heterocycles. The van der Waals surface area contributed by atoms with Gasteiger partial charge in [0.05, 0.1) is 12.2 Å². The molecular formula is C21H21F5O3. The van der Waals surface area contributed by atoms with Crippen molar-refractivity contribution >= 4 is 5.97 Å². The van der Waals surface area contributed by atoms with E-state index in [0.29, 0.717) is 12.4 Å². The second-order valence-corrected chi connectivity index (χ2v) is 6.43. The smallest absolute Gasteiger partial charge is 0.343 e. The Labute approximate surface area is 165 Å². The molecule has 0 saturated heterocycles. The van der Waals surface area contributed by atoms with Gasteiger partial charge in [-0.05, 0) is 30.7 Å². The molecule has 0 radical (unpaired) electrons. The maximum Gasteiger partial charge on any atom is 0.343 e. The number of carbonyl (C=O) groups is 1. The monoisotopic (exact) mass is 416 g/mol. The van der Waals surface area contributed by atoms with E-state index in [1.54, 1.807) is 0 Å². The third-order valence-electron chi connectivity index (χ3n) is 4.22. The van der Waals surface area contributed by atoms with Crippen LogP contribution in [0.3, 0.4) is 0 Å². The summed E-state index contributed by atoms with van der Waals surface area (Å²) in [6.45, 7) is 2.65. The van der Waals surface area contributed by atoms with E-state index in [0.717, 1.165) is 19.3 Å². The molecule has 0 amide bonds. The van der Waals surface area contributed by atoms with Gasteiger partial charge in [0.15, 0.2) is 0 Å². The molecule has 0 aliphatic rings. The second-order valence-electron chi connectivity index (χ2n) is 6.43. The van der Waals surface area contributed by atoms with Crippen molar-refractivity contribution in [1.82, 2.24) is 0 Å². The summed E-state index contributed by atoms with van der Waals surface area (Å²) < 4.78 is 76.5. The van der Waals surface area contributed by atoms with E-state index in [1.165, 1.54) is 43.5 Å². The van der Waals surface area contributed by atoms with Crippen LogP contribution in [0.2, 0.25) is 0 Å². The summed E-state index contributed by atoms with van der Waals surface area (Å²) in [4.78, 5) is 12.0. The first-order valence-corrected chi connectivity index (χ1v) is 9.33. The number of unbranched alkanes of at least 4 members (excludes halogenated alkanes) is 5. The highest BCUT2D eigenvalue weighted by molar-refractivity contribution is 5.91. The molecule has 0 aliphatic carbocycles. The summed E-state index contributed by atoms with van der Waals surface area (Å²) in [5.41, 5.74) is -0.138. The highest BCUT2D eigenvalue weighted by Gasteiger charge is 2.28. The Hall–Kier alpha value is -2.64. The fourth-order valence-electron chi connectivity index (χ4n) is 2.59. The summed E-state index contributed by atoms with van der Waals surface area (Å²) in [5, 5.41) is 0. The minimum atomic E-state index is -2.33. The van der Waals surface area contributed by atoms with E-state index in [-0.39, 0.29) is 5.56 Å². The van der Waals surface area contributed by atoms with Gasteiger partial charge in [-0.2, -0.15) is 8.78 Å². The molecule has 0 N–H and O–H groups in total. The van der Waals surface area contributed by atoms with Crippen LogP contribution >= 0.6 is 0 Å². The van der Waals surface area contributed by atoms with Crippen LogP contribution in [0.4, 0.5) is 22.0 Å². The van der Waals surface area contributed by atoms with Gasteiger partial charge in [-0.25, -0.2) is 18.0 Å². The molecule has 2 aromatic rings. The predicted octanol–water partition coefficient (Wildman–Crippen LogP) is 6.34. The van der Waals surface area contributed by atoms with Crippen LogP contribution in [0.1, 0.15) is 55.8 Å². The van der Waals surface area contributed by atoms with E-state index >= 15 is 0 Å². The molecule has 0 fully saturated rings. The van der Waals surface area contributed by atoms with Crippen molar-refractivity contribution in [3.05, 3.63) is 58.9 Å². The lowest BCUT2D eigenvalue weighted by Crippen LogP contribution is -2.13. The van der Waals surface area contributed by atoms with Crippen molar-refractivity contribution < 1.29 is 36.2 Å². The van der Waals surface area contributed by atoms with E-state index in [9.17, 15) is 26.7 Å². The van der Waals surface area contributed by atoms with Crippen LogP contribution in [-0.2, 0) is 0 Å². The maximum absolute atomic E-state index is 13.6. The molecule has 0 bridgehead atoms. The minimum absolute atomic E-state index is 0.138. The largest absolute Gasteiger partial charge is 0.494 e. The van der Waals surface area contributed by atoms with Crippen LogP contribution in [0.25, 0.3) is 0 Å². The Morgan fingerprint density at radius 2 is 1.28 bits per heavy atom. The summed E-state index contributed by atoms with van der Waals surface area (Å²) in [6.07, 6.45) is 6.65. The lowest BCUT2D eigenvalue weighted by molar-refractivity contribution is 0.0716. The molecule has 0 spiro atoms. The van der Waals surface area contributed by atoms with Crippen LogP contribution in [0, 0.1) is 29.1 Å². The summed E-state index contributed by atoms with van der Waals surface area (Å²) >= 11 is 0. The van der Waals surface area contributed by atoms with E-state index in [1.807, 2.05) is 0 Å². The first-order chi connectivity index (χ1) is 13.9. The number of carbonyl (C=O) groups excluding carboxylic acids is 1. The Kier molecular flexibility index (Phi) is 8.42. The van der Waals surface area contributed by atoms with Gasteiger partial charge >= 0.3 is 5.97 Å². The second kappa shape index (κ2) is 10.8. The molecule has 3 nitrogen and oxygen atoms in total. The van der Waals surface area contributed by atoms with Crippen molar-refractivity contribution in [3.63, 3.8) is 0 Å². The Morgan fingerprint density at radius 3 is 1.86 bits per heavy atom. The average molecular weight is 416 g/mol. The summed E-state index contributed by atoms with van der Waals surface area (Å²) in [5.74, 6) is -13.6. The van der Waals surface area contributed by atoms with Crippen LogP contribution in [0.15, 0.2) is 24.3 Å². The maximum atomic E-state index is 13.6. The van der Waals surface area contributed by atoms with E-state index < -0.39 is 40.8 Å². The first-order valence-electron chi connectivity index (χ1n) is 9.33. The number of hydrogen-bond acceptors (Lipinski definition) is 3. The van der Waals surface area contributed by atoms with Gasteiger partial charge in [-0.3, -0.25) is 0 Å². The van der Waals surface area contributed by atoms with E-state index in [2.05, 4.69) is 11.7 Å². The summed E-state index contributed by atoms with van der Waals surface area (Å²) in [7, 11) is 0. The zero-order valence-electron chi connectivity index (χ0n) is 15.9. The SMILES string of the molecule is CCCCCCCCOc1ccc(C(=O)Oc2c(F)c(F)c(F)c(F)c2F)cc1. The van der Waals surface area contributed by atoms with E-state index in [4.69, 9.17) is 4.74 Å². The predicted molar refractivity (Wildman–Crippen MR) is 96.5 cm³/mol. The molecule has 29 heavy (non-hydrogen) atoms. The zero-order chi connectivity index (χ0) is 21.4. The molecule has 2 rings (SSSR count). The minimum Gasteiger partial charge on any atom is -0.494 e. The van der Waals surface area contributed by atoms with Gasteiger partial charge in [0, 0.05) is 0 Å². The van der Waals surface area contributed by atoms with Crippen molar-refractivity contribution in [2.75, 3.05) is 6.61 Å². The number of ether oxygens (including phenoxy) is 2. The standard InChI is InChI=1S/C21H21F5O3/c1-2-3-4-5-6-7-12-28-14-10-8-13(9-11-14)21(27)29-20-18(25)16(23)15(22)17(24)19(20)26/h8-11H,2-7,12H2,1H3. The normalized spacial score (nSPS) is 10.8. The third kappa shape index (κ3) is 5.92. The fraction of sp³-hybridized carbons (Fsp3) is 0.381. The number of esters is 1. The van der Waals surface area contributed by atoms with Crippen LogP contribution in [-0.4, -0.2) is 12.6 Å². The Morgan fingerprint density at radius 1 is 0.759 bits per heavy atom. The Bertz CT molecular complexity index is 808. The van der Waals surface area contributed by atoms with Gasteiger partial charge in [0.2, 0.25) is 34.8 Å².